The number of hydrogen-bond acceptors (Lipinski definition) is 2. The predicted molar refractivity (Wildman–Crippen MR) is 89.8 cm³/mol. The molecule has 0 aliphatic carbocycles. The van der Waals surface area contributed by atoms with Gasteiger partial charge >= 0.3 is 0 Å². The van der Waals surface area contributed by atoms with E-state index in [1.807, 2.05) is 16.7 Å². The first-order valence-corrected chi connectivity index (χ1v) is 7.82. The highest BCUT2D eigenvalue weighted by Gasteiger charge is 2.16. The Bertz CT molecular complexity index is 813. The Labute approximate surface area is 135 Å². The van der Waals surface area contributed by atoms with Gasteiger partial charge < -0.3 is 9.67 Å². The third-order valence-corrected chi connectivity index (χ3v) is 4.03. The number of phenolic OH excluding ortho intramolecular Hbond substituents is 1. The minimum Gasteiger partial charge on any atom is -0.507 e. The van der Waals surface area contributed by atoms with E-state index in [2.05, 4.69) is 34.5 Å². The Kier molecular flexibility index (Phi) is 3.84. The molecule has 108 valence electrons. The molecule has 1 aromatic heterocycles. The van der Waals surface area contributed by atoms with E-state index in [-0.39, 0.29) is 11.6 Å². The Hall–Kier alpha value is -1.63. The van der Waals surface area contributed by atoms with Gasteiger partial charge in [0.15, 0.2) is 0 Å². The highest BCUT2D eigenvalue weighted by atomic mass is 127. The molecule has 3 rings (SSSR count). The van der Waals surface area contributed by atoms with Crippen LogP contribution in [0.4, 0.5) is 4.39 Å². The van der Waals surface area contributed by atoms with Gasteiger partial charge in [0.05, 0.1) is 16.6 Å². The van der Waals surface area contributed by atoms with Crippen LogP contribution in [0.2, 0.25) is 0 Å². The van der Waals surface area contributed by atoms with Crippen LogP contribution in [0.15, 0.2) is 36.4 Å². The minimum atomic E-state index is -0.279. The first-order chi connectivity index (χ1) is 10.1. The van der Waals surface area contributed by atoms with Gasteiger partial charge in [0, 0.05) is 10.1 Å². The van der Waals surface area contributed by atoms with Crippen molar-refractivity contribution in [3.8, 4) is 17.1 Å². The molecule has 0 radical (unpaired) electrons. The molecule has 0 unspecified atom stereocenters. The average molecular weight is 396 g/mol. The van der Waals surface area contributed by atoms with Crippen LogP contribution in [0.1, 0.15) is 13.3 Å². The molecule has 0 bridgehead atoms. The molecular weight excluding hydrogens is 382 g/mol. The molecule has 1 N–H and O–H groups in total. The van der Waals surface area contributed by atoms with Gasteiger partial charge in [-0.1, -0.05) is 6.92 Å². The minimum absolute atomic E-state index is 0.184. The first kappa shape index (κ1) is 14.3. The number of rotatable bonds is 3. The highest BCUT2D eigenvalue weighted by molar-refractivity contribution is 14.1. The van der Waals surface area contributed by atoms with Gasteiger partial charge in [0.25, 0.3) is 0 Å². The van der Waals surface area contributed by atoms with Gasteiger partial charge in [-0.15, -0.1) is 0 Å². The lowest BCUT2D eigenvalue weighted by molar-refractivity contribution is 0.476. The molecule has 0 atom stereocenters. The lowest BCUT2D eigenvalue weighted by Gasteiger charge is -2.09. The van der Waals surface area contributed by atoms with E-state index < -0.39 is 0 Å². The molecule has 0 saturated heterocycles. The lowest BCUT2D eigenvalue weighted by atomic mass is 10.2. The molecule has 21 heavy (non-hydrogen) atoms. The molecule has 0 spiro atoms. The van der Waals surface area contributed by atoms with Crippen LogP contribution >= 0.6 is 22.6 Å². The third kappa shape index (κ3) is 2.62. The summed E-state index contributed by atoms with van der Waals surface area (Å²) in [6, 6.07) is 9.96. The highest BCUT2D eigenvalue weighted by Crippen LogP contribution is 2.32. The number of fused-ring (bicyclic) bond motifs is 1. The van der Waals surface area contributed by atoms with E-state index >= 15 is 0 Å². The third-order valence-electron chi connectivity index (χ3n) is 3.36. The lowest BCUT2D eigenvalue weighted by Crippen LogP contribution is -2.00. The normalized spacial score (nSPS) is 11.2. The Morgan fingerprint density at radius 2 is 2.05 bits per heavy atom. The number of aromatic nitrogens is 2. The van der Waals surface area contributed by atoms with Crippen molar-refractivity contribution in [1.29, 1.82) is 0 Å². The predicted octanol–water partition coefficient (Wildman–Crippen LogP) is 4.56. The van der Waals surface area contributed by atoms with E-state index in [1.165, 1.54) is 12.1 Å². The van der Waals surface area contributed by atoms with Crippen molar-refractivity contribution in [3.63, 3.8) is 0 Å². The number of phenols is 1. The molecule has 1 heterocycles. The van der Waals surface area contributed by atoms with E-state index in [4.69, 9.17) is 0 Å². The molecule has 0 aliphatic rings. The molecule has 0 aliphatic heterocycles. The summed E-state index contributed by atoms with van der Waals surface area (Å²) in [7, 11) is 0. The van der Waals surface area contributed by atoms with Crippen molar-refractivity contribution in [2.24, 2.45) is 0 Å². The maximum Gasteiger partial charge on any atom is 0.144 e. The second-order valence-electron chi connectivity index (χ2n) is 4.88. The fourth-order valence-corrected chi connectivity index (χ4v) is 2.93. The van der Waals surface area contributed by atoms with Crippen LogP contribution in [0.25, 0.3) is 22.4 Å². The second kappa shape index (κ2) is 5.63. The van der Waals surface area contributed by atoms with Crippen LogP contribution in [0, 0.1) is 9.39 Å². The molecule has 3 nitrogen and oxygen atoms in total. The maximum atomic E-state index is 13.5. The second-order valence-corrected chi connectivity index (χ2v) is 6.13. The molecule has 0 fully saturated rings. The topological polar surface area (TPSA) is 38.0 Å². The molecule has 2 aromatic carbocycles. The summed E-state index contributed by atoms with van der Waals surface area (Å²) in [5.74, 6) is 0.579. The Morgan fingerprint density at radius 3 is 2.81 bits per heavy atom. The summed E-state index contributed by atoms with van der Waals surface area (Å²) in [4.78, 5) is 4.58. The summed E-state index contributed by atoms with van der Waals surface area (Å²) in [6.45, 7) is 2.78. The molecule has 0 saturated carbocycles. The first-order valence-electron chi connectivity index (χ1n) is 6.75. The fourth-order valence-electron chi connectivity index (χ4n) is 2.44. The fraction of sp³-hybridized carbons (Fsp3) is 0.188. The van der Waals surface area contributed by atoms with Gasteiger partial charge in [-0.3, -0.25) is 0 Å². The molecule has 3 aromatic rings. The summed E-state index contributed by atoms with van der Waals surface area (Å²) in [5.41, 5.74) is 2.16. The molecular formula is C16H14FIN2O. The van der Waals surface area contributed by atoms with E-state index in [9.17, 15) is 9.50 Å². The molecule has 0 amide bonds. The van der Waals surface area contributed by atoms with Crippen LogP contribution in [0.3, 0.4) is 0 Å². The van der Waals surface area contributed by atoms with Gasteiger partial charge in [-0.2, -0.15) is 0 Å². The number of benzene rings is 2. The van der Waals surface area contributed by atoms with E-state index in [0.717, 1.165) is 27.6 Å². The van der Waals surface area contributed by atoms with Crippen molar-refractivity contribution in [2.45, 2.75) is 19.9 Å². The van der Waals surface area contributed by atoms with Crippen molar-refractivity contribution in [2.75, 3.05) is 0 Å². The molecule has 5 heteroatoms. The summed E-state index contributed by atoms with van der Waals surface area (Å²) < 4.78 is 16.5. The number of aryl methyl sites for hydroxylation is 1. The van der Waals surface area contributed by atoms with Gasteiger partial charge in [-0.05, 0) is 65.4 Å². The number of imidazole rings is 1. The van der Waals surface area contributed by atoms with Gasteiger partial charge in [-0.25, -0.2) is 9.37 Å². The van der Waals surface area contributed by atoms with Crippen LogP contribution < -0.4 is 0 Å². The van der Waals surface area contributed by atoms with E-state index in [1.54, 1.807) is 12.1 Å². The van der Waals surface area contributed by atoms with E-state index in [0.29, 0.717) is 11.4 Å². The van der Waals surface area contributed by atoms with Crippen molar-refractivity contribution in [3.05, 3.63) is 45.8 Å². The van der Waals surface area contributed by atoms with Crippen molar-refractivity contribution < 1.29 is 9.50 Å². The monoisotopic (exact) mass is 396 g/mol. The van der Waals surface area contributed by atoms with Crippen molar-refractivity contribution >= 4 is 33.6 Å². The number of nitrogens with zero attached hydrogens (tertiary/aromatic N) is 2. The van der Waals surface area contributed by atoms with Crippen LogP contribution in [-0.2, 0) is 6.54 Å². The SMILES string of the molecule is CCCn1c(-c2cc(I)ccc2O)nc2ccc(F)cc21. The number of halogens is 2. The van der Waals surface area contributed by atoms with Crippen LogP contribution in [0.5, 0.6) is 5.75 Å². The van der Waals surface area contributed by atoms with Crippen LogP contribution in [-0.4, -0.2) is 14.7 Å². The largest absolute Gasteiger partial charge is 0.507 e. The summed E-state index contributed by atoms with van der Waals surface area (Å²) in [6.07, 6.45) is 0.902. The quantitative estimate of drug-likeness (QED) is 0.660. The summed E-state index contributed by atoms with van der Waals surface area (Å²) >= 11 is 2.20. The number of aromatic hydroxyl groups is 1. The zero-order valence-corrected chi connectivity index (χ0v) is 13.6. The standard InChI is InChI=1S/C16H14FIN2O/c1-2-7-20-14-8-10(17)3-5-13(14)19-16(20)12-9-11(18)4-6-15(12)21/h3-6,8-9,21H,2,7H2,1H3. The summed E-state index contributed by atoms with van der Waals surface area (Å²) in [5, 5.41) is 10.1. The van der Waals surface area contributed by atoms with Gasteiger partial charge in [0.1, 0.15) is 17.4 Å². The smallest absolute Gasteiger partial charge is 0.144 e. The Balaban J connectivity index is 2.30. The average Bonchev–Trinajstić information content (AvgIpc) is 2.80. The zero-order chi connectivity index (χ0) is 15.0. The maximum absolute atomic E-state index is 13.5. The van der Waals surface area contributed by atoms with Crippen molar-refractivity contribution in [1.82, 2.24) is 9.55 Å². The zero-order valence-electron chi connectivity index (χ0n) is 11.5. The number of hydrogen-bond donors (Lipinski definition) is 1. The Morgan fingerprint density at radius 1 is 1.24 bits per heavy atom. The van der Waals surface area contributed by atoms with Gasteiger partial charge in [0.2, 0.25) is 0 Å².